The van der Waals surface area contributed by atoms with Gasteiger partial charge in [0.25, 0.3) is 0 Å². The van der Waals surface area contributed by atoms with E-state index in [1.807, 2.05) is 6.92 Å². The van der Waals surface area contributed by atoms with E-state index in [-0.39, 0.29) is 5.97 Å². The van der Waals surface area contributed by atoms with E-state index in [2.05, 4.69) is 6.92 Å². The predicted octanol–water partition coefficient (Wildman–Crippen LogP) is 3.00. The third kappa shape index (κ3) is 23.1. The Morgan fingerprint density at radius 1 is 1.06 bits per heavy atom. The van der Waals surface area contributed by atoms with Gasteiger partial charge in [0.15, 0.2) is 0 Å². The first kappa shape index (κ1) is 17.3. The van der Waals surface area contributed by atoms with Gasteiger partial charge in [-0.05, 0) is 12.8 Å². The summed E-state index contributed by atoms with van der Waals surface area (Å²) in [6.07, 6.45) is 5.39. The number of aliphatic carboxylic acids is 1. The number of carboxylic acids is 1. The van der Waals surface area contributed by atoms with Crippen molar-refractivity contribution in [1.82, 2.24) is 0 Å². The number of hydrogen-bond acceptors (Lipinski definition) is 3. The molecule has 0 saturated heterocycles. The van der Waals surface area contributed by atoms with Crippen LogP contribution < -0.4 is 0 Å². The molecule has 1 N–H and O–H groups in total. The van der Waals surface area contributed by atoms with Gasteiger partial charge < -0.3 is 9.84 Å². The number of esters is 1. The fourth-order valence-electron chi connectivity index (χ4n) is 0.896. The highest BCUT2D eigenvalue weighted by molar-refractivity contribution is 5.66. The van der Waals surface area contributed by atoms with Crippen LogP contribution in [0, 0.1) is 0 Å². The lowest BCUT2D eigenvalue weighted by molar-refractivity contribution is -0.141. The number of carboxylic acid groups (broad SMARTS) is 1. The van der Waals surface area contributed by atoms with Crippen LogP contribution in [0.15, 0.2) is 0 Å². The lowest BCUT2D eigenvalue weighted by atomic mass is 10.3. The van der Waals surface area contributed by atoms with Gasteiger partial charge in [-0.15, -0.1) is 0 Å². The summed E-state index contributed by atoms with van der Waals surface area (Å²) in [5.41, 5.74) is 0. The molecular formula is C12H24O4. The Balaban J connectivity index is 0. The Hall–Kier alpha value is -1.06. The molecule has 0 atom stereocenters. The first-order chi connectivity index (χ1) is 7.54. The fourth-order valence-corrected chi connectivity index (χ4v) is 0.896. The van der Waals surface area contributed by atoms with E-state index in [9.17, 15) is 9.59 Å². The summed E-state index contributed by atoms with van der Waals surface area (Å²) in [6, 6.07) is 0. The van der Waals surface area contributed by atoms with Crippen molar-refractivity contribution in [3.63, 3.8) is 0 Å². The molecule has 16 heavy (non-hydrogen) atoms. The molecule has 0 unspecified atom stereocenters. The Kier molecular flexibility index (Phi) is 15.1. The highest BCUT2D eigenvalue weighted by Crippen LogP contribution is 1.93. The zero-order valence-corrected chi connectivity index (χ0v) is 10.6. The molecule has 0 bridgehead atoms. The number of hydrogen-bond donors (Lipinski definition) is 1. The monoisotopic (exact) mass is 232 g/mol. The van der Waals surface area contributed by atoms with Crippen molar-refractivity contribution in [3.05, 3.63) is 0 Å². The molecule has 0 aliphatic carbocycles. The highest BCUT2D eigenvalue weighted by Gasteiger charge is 1.91. The van der Waals surface area contributed by atoms with Gasteiger partial charge in [0.1, 0.15) is 0 Å². The number of carbonyl (C=O) groups excluding carboxylic acids is 1. The molecule has 0 aliphatic rings. The van der Waals surface area contributed by atoms with Crippen molar-refractivity contribution < 1.29 is 19.4 Å². The molecule has 0 spiro atoms. The van der Waals surface area contributed by atoms with Crippen LogP contribution in [0.2, 0.25) is 0 Å². The van der Waals surface area contributed by atoms with Crippen LogP contribution in [0.3, 0.4) is 0 Å². The summed E-state index contributed by atoms with van der Waals surface area (Å²) in [6.45, 7) is 6.12. The van der Waals surface area contributed by atoms with E-state index < -0.39 is 5.97 Å². The number of unbranched alkanes of at least 4 members (excludes halogenated alkanes) is 3. The normalized spacial score (nSPS) is 8.94. The number of ether oxygens (including phenoxy) is 1. The van der Waals surface area contributed by atoms with E-state index in [0.717, 1.165) is 25.7 Å². The van der Waals surface area contributed by atoms with Crippen LogP contribution in [0.5, 0.6) is 0 Å². The molecule has 0 aromatic heterocycles. The fraction of sp³-hybridized carbons (Fsp3) is 0.833. The molecule has 0 amide bonds. The lowest BCUT2D eigenvalue weighted by Gasteiger charge is -1.98. The molecular weight excluding hydrogens is 208 g/mol. The standard InChI is InChI=1S/C7H14O2.C5H10O2/c1-3-4-5-6-9-7(2)8;1-2-3-4-5(6)7/h3-6H2,1-2H3;2-4H2,1H3,(H,6,7). The average molecular weight is 232 g/mol. The van der Waals surface area contributed by atoms with Gasteiger partial charge in [0.05, 0.1) is 6.61 Å². The summed E-state index contributed by atoms with van der Waals surface area (Å²) in [5.74, 6) is -0.868. The van der Waals surface area contributed by atoms with Gasteiger partial charge in [-0.25, -0.2) is 0 Å². The summed E-state index contributed by atoms with van der Waals surface area (Å²) >= 11 is 0. The highest BCUT2D eigenvalue weighted by atomic mass is 16.5. The first-order valence-electron chi connectivity index (χ1n) is 5.89. The molecule has 0 radical (unpaired) electrons. The Labute approximate surface area is 98.0 Å². The zero-order valence-electron chi connectivity index (χ0n) is 10.6. The third-order valence-corrected chi connectivity index (χ3v) is 1.80. The van der Waals surface area contributed by atoms with Gasteiger partial charge in [-0.3, -0.25) is 9.59 Å². The van der Waals surface area contributed by atoms with Crippen molar-refractivity contribution in [1.29, 1.82) is 0 Å². The minimum Gasteiger partial charge on any atom is -0.481 e. The van der Waals surface area contributed by atoms with Crippen molar-refractivity contribution in [2.24, 2.45) is 0 Å². The smallest absolute Gasteiger partial charge is 0.303 e. The Morgan fingerprint density at radius 2 is 1.62 bits per heavy atom. The van der Waals surface area contributed by atoms with E-state index >= 15 is 0 Å². The van der Waals surface area contributed by atoms with Crippen LogP contribution in [-0.2, 0) is 14.3 Å². The molecule has 96 valence electrons. The first-order valence-corrected chi connectivity index (χ1v) is 5.89. The van der Waals surface area contributed by atoms with E-state index in [1.54, 1.807) is 0 Å². The van der Waals surface area contributed by atoms with Crippen LogP contribution in [-0.4, -0.2) is 23.7 Å². The summed E-state index contributed by atoms with van der Waals surface area (Å²) < 4.78 is 4.70. The topological polar surface area (TPSA) is 63.6 Å². The maximum atomic E-state index is 10.2. The SMILES string of the molecule is CCCCC(=O)O.CCCCCOC(C)=O. The Bertz CT molecular complexity index is 178. The summed E-state index contributed by atoms with van der Waals surface area (Å²) in [5, 5.41) is 8.04. The molecule has 0 fully saturated rings. The lowest BCUT2D eigenvalue weighted by Crippen LogP contribution is -1.99. The largest absolute Gasteiger partial charge is 0.481 e. The van der Waals surface area contributed by atoms with Crippen molar-refractivity contribution >= 4 is 11.9 Å². The van der Waals surface area contributed by atoms with Crippen molar-refractivity contribution in [2.75, 3.05) is 6.61 Å². The van der Waals surface area contributed by atoms with E-state index in [1.165, 1.54) is 13.3 Å². The zero-order chi connectivity index (χ0) is 12.8. The molecule has 0 saturated carbocycles. The van der Waals surface area contributed by atoms with E-state index in [4.69, 9.17) is 9.84 Å². The second kappa shape index (κ2) is 13.9. The second-order valence-electron chi connectivity index (χ2n) is 3.54. The van der Waals surface area contributed by atoms with Gasteiger partial charge in [-0.1, -0.05) is 33.1 Å². The van der Waals surface area contributed by atoms with Crippen LogP contribution in [0.1, 0.15) is 59.3 Å². The molecule has 0 rings (SSSR count). The molecule has 4 heteroatoms. The van der Waals surface area contributed by atoms with Gasteiger partial charge in [0, 0.05) is 13.3 Å². The molecule has 0 aromatic rings. The second-order valence-corrected chi connectivity index (χ2v) is 3.54. The quantitative estimate of drug-likeness (QED) is 0.541. The average Bonchev–Trinajstić information content (AvgIpc) is 2.22. The minimum absolute atomic E-state index is 0.175. The van der Waals surface area contributed by atoms with Crippen molar-refractivity contribution in [2.45, 2.75) is 59.3 Å². The maximum Gasteiger partial charge on any atom is 0.303 e. The molecule has 0 aliphatic heterocycles. The van der Waals surface area contributed by atoms with Crippen LogP contribution in [0.25, 0.3) is 0 Å². The van der Waals surface area contributed by atoms with E-state index in [0.29, 0.717) is 13.0 Å². The molecule has 4 nitrogen and oxygen atoms in total. The summed E-state index contributed by atoms with van der Waals surface area (Å²) in [4.78, 5) is 19.9. The van der Waals surface area contributed by atoms with Crippen LogP contribution >= 0.6 is 0 Å². The maximum absolute atomic E-state index is 10.2. The Morgan fingerprint density at radius 3 is 1.94 bits per heavy atom. The number of carbonyl (C=O) groups is 2. The van der Waals surface area contributed by atoms with Crippen LogP contribution in [0.4, 0.5) is 0 Å². The van der Waals surface area contributed by atoms with Gasteiger partial charge in [-0.2, -0.15) is 0 Å². The van der Waals surface area contributed by atoms with Crippen molar-refractivity contribution in [3.8, 4) is 0 Å². The molecule has 0 heterocycles. The van der Waals surface area contributed by atoms with Gasteiger partial charge >= 0.3 is 11.9 Å². The summed E-state index contributed by atoms with van der Waals surface area (Å²) in [7, 11) is 0. The number of rotatable bonds is 7. The van der Waals surface area contributed by atoms with Gasteiger partial charge in [0.2, 0.25) is 0 Å². The third-order valence-electron chi connectivity index (χ3n) is 1.80. The molecule has 0 aromatic carbocycles. The predicted molar refractivity (Wildman–Crippen MR) is 63.3 cm³/mol. The minimum atomic E-state index is -0.693.